The van der Waals surface area contributed by atoms with Crippen LogP contribution in [0, 0.1) is 0 Å². The topological polar surface area (TPSA) is 50.5 Å². The standard InChI is InChI=1S/C26H22BrN3O2S/c1-2-31-20-12-6-17(7-13-20)22-14-15-23(32-22)25-24(21-5-3-4-16-28-21)29-26(33)30(25)19-10-8-18(27)9-11-19/h3-16,24-25H,2H2,1H3,(H,29,33)/t24-,25-/m0/s1. The van der Waals surface area contributed by atoms with Crippen molar-refractivity contribution in [2.24, 2.45) is 0 Å². The zero-order valence-electron chi connectivity index (χ0n) is 17.9. The summed E-state index contributed by atoms with van der Waals surface area (Å²) in [6, 6.07) is 25.6. The van der Waals surface area contributed by atoms with E-state index in [9.17, 15) is 0 Å². The first-order chi connectivity index (χ1) is 16.1. The number of hydrogen-bond acceptors (Lipinski definition) is 4. The molecule has 1 fully saturated rings. The summed E-state index contributed by atoms with van der Waals surface area (Å²) in [6.07, 6.45) is 1.80. The van der Waals surface area contributed by atoms with Gasteiger partial charge in [-0.05, 0) is 91.9 Å². The van der Waals surface area contributed by atoms with Crippen molar-refractivity contribution >= 4 is 38.9 Å². The number of pyridine rings is 1. The molecule has 1 aliphatic heterocycles. The van der Waals surface area contributed by atoms with Crippen LogP contribution in [-0.2, 0) is 0 Å². The number of aromatic nitrogens is 1. The molecule has 2 atom stereocenters. The Labute approximate surface area is 206 Å². The highest BCUT2D eigenvalue weighted by atomic mass is 79.9. The first kappa shape index (κ1) is 21.7. The summed E-state index contributed by atoms with van der Waals surface area (Å²) < 4.78 is 13.0. The lowest BCUT2D eigenvalue weighted by Crippen LogP contribution is -2.29. The molecule has 1 aliphatic rings. The van der Waals surface area contributed by atoms with Crippen molar-refractivity contribution in [3.63, 3.8) is 0 Å². The maximum absolute atomic E-state index is 6.41. The molecule has 0 radical (unpaired) electrons. The predicted octanol–water partition coefficient (Wildman–Crippen LogP) is 6.68. The molecule has 5 nitrogen and oxygen atoms in total. The molecule has 4 aromatic rings. The maximum atomic E-state index is 6.41. The average Bonchev–Trinajstić information content (AvgIpc) is 3.46. The van der Waals surface area contributed by atoms with E-state index in [2.05, 4.69) is 31.1 Å². The minimum Gasteiger partial charge on any atom is -0.494 e. The molecule has 1 saturated heterocycles. The highest BCUT2D eigenvalue weighted by Crippen LogP contribution is 2.43. The van der Waals surface area contributed by atoms with Crippen molar-refractivity contribution in [3.05, 3.63) is 101 Å². The van der Waals surface area contributed by atoms with E-state index in [4.69, 9.17) is 21.4 Å². The average molecular weight is 520 g/mol. The first-order valence-electron chi connectivity index (χ1n) is 10.7. The molecule has 0 spiro atoms. The van der Waals surface area contributed by atoms with Crippen LogP contribution in [0.1, 0.15) is 30.5 Å². The highest BCUT2D eigenvalue weighted by molar-refractivity contribution is 9.10. The minimum absolute atomic E-state index is 0.151. The number of anilines is 1. The van der Waals surface area contributed by atoms with Crippen LogP contribution in [0.15, 0.2) is 93.9 Å². The molecule has 2 aromatic carbocycles. The van der Waals surface area contributed by atoms with Gasteiger partial charge < -0.3 is 19.4 Å². The van der Waals surface area contributed by atoms with Crippen LogP contribution in [0.5, 0.6) is 5.75 Å². The molecule has 5 rings (SSSR count). The number of thiocarbonyl (C=S) groups is 1. The summed E-state index contributed by atoms with van der Waals surface area (Å²) in [5, 5.41) is 4.10. The molecule has 0 bridgehead atoms. The second kappa shape index (κ2) is 9.37. The zero-order chi connectivity index (χ0) is 22.8. The van der Waals surface area contributed by atoms with E-state index in [1.807, 2.05) is 85.8 Å². The van der Waals surface area contributed by atoms with Crippen molar-refractivity contribution in [1.29, 1.82) is 0 Å². The Kier molecular flexibility index (Phi) is 6.15. The van der Waals surface area contributed by atoms with Gasteiger partial charge >= 0.3 is 0 Å². The van der Waals surface area contributed by atoms with Crippen LogP contribution in [0.25, 0.3) is 11.3 Å². The molecule has 0 unspecified atom stereocenters. The fourth-order valence-corrected chi connectivity index (χ4v) is 4.68. The molecule has 166 valence electrons. The maximum Gasteiger partial charge on any atom is 0.174 e. The lowest BCUT2D eigenvalue weighted by molar-refractivity contribution is 0.340. The second-order valence-electron chi connectivity index (χ2n) is 7.63. The van der Waals surface area contributed by atoms with Crippen molar-refractivity contribution in [2.45, 2.75) is 19.0 Å². The van der Waals surface area contributed by atoms with Crippen LogP contribution < -0.4 is 15.0 Å². The number of rotatable bonds is 6. The molecule has 0 aliphatic carbocycles. The monoisotopic (exact) mass is 519 g/mol. The third-order valence-corrected chi connectivity index (χ3v) is 6.41. The predicted molar refractivity (Wildman–Crippen MR) is 137 cm³/mol. The number of furan rings is 1. The van der Waals surface area contributed by atoms with Gasteiger partial charge in [-0.1, -0.05) is 22.0 Å². The van der Waals surface area contributed by atoms with Crippen LogP contribution in [-0.4, -0.2) is 16.7 Å². The smallest absolute Gasteiger partial charge is 0.174 e. The van der Waals surface area contributed by atoms with E-state index in [-0.39, 0.29) is 12.1 Å². The molecule has 0 amide bonds. The van der Waals surface area contributed by atoms with Crippen molar-refractivity contribution < 1.29 is 9.15 Å². The SMILES string of the molecule is CCOc1ccc(-c2ccc([C@H]3[C@H](c4ccccn4)NC(=S)N3c3ccc(Br)cc3)o2)cc1. The van der Waals surface area contributed by atoms with Crippen LogP contribution in [0.2, 0.25) is 0 Å². The number of halogens is 1. The van der Waals surface area contributed by atoms with E-state index < -0.39 is 0 Å². The Morgan fingerprint density at radius 3 is 2.52 bits per heavy atom. The molecular formula is C26H22BrN3O2S. The van der Waals surface area contributed by atoms with Crippen LogP contribution in [0.3, 0.4) is 0 Å². The van der Waals surface area contributed by atoms with Crippen molar-refractivity contribution in [2.75, 3.05) is 11.5 Å². The Morgan fingerprint density at radius 1 is 1.03 bits per heavy atom. The van der Waals surface area contributed by atoms with Gasteiger partial charge in [0.1, 0.15) is 23.3 Å². The van der Waals surface area contributed by atoms with Gasteiger partial charge in [-0.25, -0.2) is 0 Å². The van der Waals surface area contributed by atoms with Crippen LogP contribution in [0.4, 0.5) is 5.69 Å². The summed E-state index contributed by atoms with van der Waals surface area (Å²) >= 11 is 9.29. The largest absolute Gasteiger partial charge is 0.494 e. The summed E-state index contributed by atoms with van der Waals surface area (Å²) in [5.41, 5.74) is 2.88. The van der Waals surface area contributed by atoms with E-state index in [0.717, 1.165) is 38.7 Å². The van der Waals surface area contributed by atoms with Gasteiger partial charge in [-0.3, -0.25) is 4.98 Å². The van der Waals surface area contributed by atoms with Gasteiger partial charge in [0.15, 0.2) is 5.11 Å². The number of nitrogens with zero attached hydrogens (tertiary/aromatic N) is 2. The van der Waals surface area contributed by atoms with Gasteiger partial charge in [-0.2, -0.15) is 0 Å². The van der Waals surface area contributed by atoms with Gasteiger partial charge in [0, 0.05) is 21.9 Å². The fourth-order valence-electron chi connectivity index (χ4n) is 4.07. The van der Waals surface area contributed by atoms with E-state index in [1.165, 1.54) is 0 Å². The third kappa shape index (κ3) is 4.38. The summed E-state index contributed by atoms with van der Waals surface area (Å²) in [6.45, 7) is 2.61. The van der Waals surface area contributed by atoms with Crippen molar-refractivity contribution in [1.82, 2.24) is 10.3 Å². The van der Waals surface area contributed by atoms with Gasteiger partial charge in [-0.15, -0.1) is 0 Å². The van der Waals surface area contributed by atoms with E-state index >= 15 is 0 Å². The first-order valence-corrected chi connectivity index (χ1v) is 11.9. The van der Waals surface area contributed by atoms with Gasteiger partial charge in [0.25, 0.3) is 0 Å². The van der Waals surface area contributed by atoms with Crippen LogP contribution >= 0.6 is 28.1 Å². The molecular weight excluding hydrogens is 498 g/mol. The minimum atomic E-state index is -0.190. The molecule has 1 N–H and O–H groups in total. The highest BCUT2D eigenvalue weighted by Gasteiger charge is 2.42. The van der Waals surface area contributed by atoms with Gasteiger partial charge in [0.2, 0.25) is 0 Å². The summed E-state index contributed by atoms with van der Waals surface area (Å²) in [7, 11) is 0. The molecule has 33 heavy (non-hydrogen) atoms. The number of hydrogen-bond donors (Lipinski definition) is 1. The number of benzene rings is 2. The third-order valence-electron chi connectivity index (χ3n) is 5.57. The summed E-state index contributed by atoms with van der Waals surface area (Å²) in [4.78, 5) is 6.69. The Bertz CT molecular complexity index is 1240. The lowest BCUT2D eigenvalue weighted by atomic mass is 10.0. The van der Waals surface area contributed by atoms with Gasteiger partial charge in [0.05, 0.1) is 18.3 Å². The Balaban J connectivity index is 1.54. The summed E-state index contributed by atoms with van der Waals surface area (Å²) in [5.74, 6) is 2.45. The zero-order valence-corrected chi connectivity index (χ0v) is 20.3. The molecule has 3 heterocycles. The van der Waals surface area contributed by atoms with E-state index in [1.54, 1.807) is 6.20 Å². The Hall–Kier alpha value is -3.16. The molecule has 7 heteroatoms. The quantitative estimate of drug-likeness (QED) is 0.286. The van der Waals surface area contributed by atoms with Crippen molar-refractivity contribution in [3.8, 4) is 17.1 Å². The molecule has 0 saturated carbocycles. The molecule has 2 aromatic heterocycles. The normalized spacial score (nSPS) is 17.8. The second-order valence-corrected chi connectivity index (χ2v) is 8.93. The number of nitrogens with one attached hydrogen (secondary N) is 1. The lowest BCUT2D eigenvalue weighted by Gasteiger charge is -2.26. The van der Waals surface area contributed by atoms with E-state index in [0.29, 0.717) is 11.7 Å². The number of ether oxygens (including phenoxy) is 1. The fraction of sp³-hybridized carbons (Fsp3) is 0.154. The Morgan fingerprint density at radius 2 is 1.82 bits per heavy atom.